The molecule has 11 rings (SSSR count). The molecule has 0 amide bonds. The van der Waals surface area contributed by atoms with Gasteiger partial charge in [-0.2, -0.15) is 0 Å². The number of aryl methyl sites for hydroxylation is 1. The fourth-order valence-electron chi connectivity index (χ4n) is 9.05. The van der Waals surface area contributed by atoms with Crippen molar-refractivity contribution in [2.24, 2.45) is 0 Å². The van der Waals surface area contributed by atoms with Crippen LogP contribution in [0.4, 0.5) is 0 Å². The number of hydrogen-bond acceptors (Lipinski definition) is 3. The summed E-state index contributed by atoms with van der Waals surface area (Å²) < 4.78 is 11.2. The maximum atomic E-state index is 6.54. The van der Waals surface area contributed by atoms with Crippen LogP contribution < -0.4 is 0 Å². The summed E-state index contributed by atoms with van der Waals surface area (Å²) in [5.41, 5.74) is 14.7. The second kappa shape index (κ2) is 11.5. The highest BCUT2D eigenvalue weighted by Crippen LogP contribution is 2.51. The fraction of sp³-hybridized carbons (Fsp3) is 0.0800. The monoisotopic (exact) mass is 708 g/mol. The van der Waals surface area contributed by atoms with E-state index in [0.29, 0.717) is 11.5 Å². The van der Waals surface area contributed by atoms with Gasteiger partial charge in [0.1, 0.15) is 17.0 Å². The first-order chi connectivity index (χ1) is 26.9. The number of furan rings is 1. The van der Waals surface area contributed by atoms with E-state index in [1.54, 1.807) is 6.08 Å². The maximum Gasteiger partial charge on any atom is 0.236 e. The number of benzene rings is 6. The van der Waals surface area contributed by atoms with Crippen molar-refractivity contribution in [3.63, 3.8) is 0 Å². The van der Waals surface area contributed by atoms with Crippen molar-refractivity contribution in [3.8, 4) is 34.0 Å². The molecule has 1 aliphatic rings. The number of fused-ring (bicyclic) bond motifs is 10. The van der Waals surface area contributed by atoms with Crippen molar-refractivity contribution in [3.05, 3.63) is 175 Å². The molecule has 262 valence electrons. The Morgan fingerprint density at radius 3 is 2.05 bits per heavy atom. The number of allylic oxidation sites excluding steroid dienone is 2. The van der Waals surface area contributed by atoms with Gasteiger partial charge in [0.05, 0.1) is 22.1 Å². The van der Waals surface area contributed by atoms with Crippen LogP contribution in [0.3, 0.4) is 0 Å². The second-order valence-corrected chi connectivity index (χ2v) is 15.1. The van der Waals surface area contributed by atoms with Crippen LogP contribution in [-0.2, 0) is 5.41 Å². The zero-order valence-corrected chi connectivity index (χ0v) is 30.8. The zero-order valence-electron chi connectivity index (χ0n) is 30.8. The average Bonchev–Trinajstić information content (AvgIpc) is 3.91. The van der Waals surface area contributed by atoms with Gasteiger partial charge in [-0.1, -0.05) is 130 Å². The van der Waals surface area contributed by atoms with E-state index in [0.717, 1.165) is 50.2 Å². The van der Waals surface area contributed by atoms with Crippen molar-refractivity contribution >= 4 is 60.8 Å². The lowest BCUT2D eigenvalue weighted by Gasteiger charge is -2.21. The van der Waals surface area contributed by atoms with Crippen LogP contribution in [0.15, 0.2) is 157 Å². The Morgan fingerprint density at radius 1 is 0.618 bits per heavy atom. The molecule has 0 unspecified atom stereocenters. The van der Waals surface area contributed by atoms with Gasteiger partial charge in [-0.05, 0) is 71.7 Å². The number of nitrogens with zero attached hydrogens (tertiary/aromatic N) is 4. The summed E-state index contributed by atoms with van der Waals surface area (Å²) in [6.45, 7) is 10.6. The van der Waals surface area contributed by atoms with Gasteiger partial charge < -0.3 is 8.98 Å². The van der Waals surface area contributed by atoms with Crippen LogP contribution in [0.1, 0.15) is 36.3 Å². The largest absolute Gasteiger partial charge is 0.452 e. The van der Waals surface area contributed by atoms with Crippen molar-refractivity contribution in [2.75, 3.05) is 0 Å². The van der Waals surface area contributed by atoms with Gasteiger partial charge in [0.2, 0.25) is 5.95 Å². The molecule has 6 aromatic carbocycles. The third-order valence-corrected chi connectivity index (χ3v) is 11.7. The maximum absolute atomic E-state index is 6.54. The van der Waals surface area contributed by atoms with E-state index >= 15 is 0 Å². The van der Waals surface area contributed by atoms with Crippen LogP contribution in [0.2, 0.25) is 0 Å². The number of rotatable bonds is 5. The van der Waals surface area contributed by atoms with Gasteiger partial charge in [0.25, 0.3) is 0 Å². The Kier molecular flexibility index (Phi) is 6.60. The third-order valence-electron chi connectivity index (χ3n) is 11.7. The number of hydrogen-bond donors (Lipinski definition) is 0. The minimum absolute atomic E-state index is 0.178. The molecule has 5 heteroatoms. The summed E-state index contributed by atoms with van der Waals surface area (Å²) in [6.07, 6.45) is 5.59. The fourth-order valence-corrected chi connectivity index (χ4v) is 9.05. The lowest BCUT2D eigenvalue weighted by Crippen LogP contribution is -2.15. The van der Waals surface area contributed by atoms with E-state index in [4.69, 9.17) is 14.4 Å². The molecule has 5 nitrogen and oxygen atoms in total. The molecule has 0 saturated heterocycles. The highest BCUT2D eigenvalue weighted by molar-refractivity contribution is 6.13. The topological polar surface area (TPSA) is 48.8 Å². The molecule has 55 heavy (non-hydrogen) atoms. The number of aromatic nitrogens is 4. The van der Waals surface area contributed by atoms with Gasteiger partial charge in [0.15, 0.2) is 5.58 Å². The van der Waals surface area contributed by atoms with E-state index in [1.807, 2.05) is 30.4 Å². The molecule has 0 radical (unpaired) electrons. The third kappa shape index (κ3) is 4.41. The van der Waals surface area contributed by atoms with Crippen LogP contribution in [-0.4, -0.2) is 19.1 Å². The minimum Gasteiger partial charge on any atom is -0.452 e. The van der Waals surface area contributed by atoms with E-state index < -0.39 is 0 Å². The van der Waals surface area contributed by atoms with E-state index in [1.165, 1.54) is 49.4 Å². The molecule has 0 fully saturated rings. The van der Waals surface area contributed by atoms with Gasteiger partial charge in [-0.25, -0.2) is 9.97 Å². The summed E-state index contributed by atoms with van der Waals surface area (Å²) in [4.78, 5) is 10.8. The summed E-state index contributed by atoms with van der Waals surface area (Å²) in [6, 6.07) is 48.1. The smallest absolute Gasteiger partial charge is 0.236 e. The molecule has 0 atom stereocenters. The molecule has 0 aliphatic heterocycles. The van der Waals surface area contributed by atoms with Gasteiger partial charge in [-0.3, -0.25) is 4.57 Å². The van der Waals surface area contributed by atoms with Crippen LogP contribution in [0.25, 0.3) is 94.8 Å². The van der Waals surface area contributed by atoms with Crippen molar-refractivity contribution in [2.45, 2.75) is 26.2 Å². The van der Waals surface area contributed by atoms with Gasteiger partial charge in [0, 0.05) is 43.8 Å². The Bertz CT molecular complexity index is 3210. The van der Waals surface area contributed by atoms with Crippen LogP contribution >= 0.6 is 0 Å². The van der Waals surface area contributed by atoms with E-state index in [2.05, 4.69) is 152 Å². The first-order valence-corrected chi connectivity index (χ1v) is 18.8. The zero-order chi connectivity index (χ0) is 37.0. The van der Waals surface area contributed by atoms with E-state index in [-0.39, 0.29) is 5.41 Å². The number of para-hydroxylation sites is 2. The lowest BCUT2D eigenvalue weighted by molar-refractivity contribution is 0.600. The molecular weight excluding hydrogens is 673 g/mol. The Labute approximate surface area is 318 Å². The van der Waals surface area contributed by atoms with Crippen molar-refractivity contribution < 1.29 is 4.42 Å². The van der Waals surface area contributed by atoms with Crippen LogP contribution in [0.5, 0.6) is 0 Å². The molecule has 4 aromatic heterocycles. The molecule has 0 N–H and O–H groups in total. The molecule has 10 aromatic rings. The average molecular weight is 709 g/mol. The summed E-state index contributed by atoms with van der Waals surface area (Å²) >= 11 is 0. The molecule has 0 spiro atoms. The molecule has 4 heterocycles. The predicted octanol–water partition coefficient (Wildman–Crippen LogP) is 12.9. The normalized spacial score (nSPS) is 13.5. The van der Waals surface area contributed by atoms with Gasteiger partial charge >= 0.3 is 0 Å². The molecule has 0 bridgehead atoms. The summed E-state index contributed by atoms with van der Waals surface area (Å²) in [5.74, 6) is 1.34. The van der Waals surface area contributed by atoms with Gasteiger partial charge in [-0.15, -0.1) is 0 Å². The van der Waals surface area contributed by atoms with Crippen molar-refractivity contribution in [1.82, 2.24) is 19.1 Å². The lowest BCUT2D eigenvalue weighted by atomic mass is 9.82. The SMILES string of the molecule is C=C/C=C\c1oc2c(-c3ccccc3)nc(-n3c4cc(-n5c6ccccc6c6ccccc65)ccc4c4cc5c(cc43)C(C)(C)c3ccccc3-5)nc2c1C. The first-order valence-electron chi connectivity index (χ1n) is 18.8. The quantitative estimate of drug-likeness (QED) is 0.167. The molecular formula is C50H36N4O. The minimum atomic E-state index is -0.178. The standard InChI is InChI=1S/C50H36N4O/c1-5-6-24-45-30(2)46-48(55-45)47(31-16-8-7-9-17-31)52-49(51-46)54-43-27-32(53-41-22-14-11-19-34(41)35-20-12-15-23-42(35)53)25-26-36(43)38-28-37-33-18-10-13-21-39(33)50(3,4)40(37)29-44(38)54/h5-29H,1H2,2-4H3/b24-6-. The van der Waals surface area contributed by atoms with E-state index in [9.17, 15) is 0 Å². The Balaban J connectivity index is 1.27. The first kappa shape index (κ1) is 31.5. The summed E-state index contributed by atoms with van der Waals surface area (Å²) in [7, 11) is 0. The highest BCUT2D eigenvalue weighted by atomic mass is 16.3. The Hall–Kier alpha value is -6.98. The highest BCUT2D eigenvalue weighted by Gasteiger charge is 2.36. The van der Waals surface area contributed by atoms with Crippen LogP contribution in [0, 0.1) is 6.92 Å². The Morgan fingerprint density at radius 2 is 1.29 bits per heavy atom. The predicted molar refractivity (Wildman–Crippen MR) is 227 cm³/mol. The summed E-state index contributed by atoms with van der Waals surface area (Å²) in [5, 5.41) is 4.77. The molecule has 0 saturated carbocycles. The second-order valence-electron chi connectivity index (χ2n) is 15.1. The molecule has 1 aliphatic carbocycles. The van der Waals surface area contributed by atoms with Crippen molar-refractivity contribution in [1.29, 1.82) is 0 Å².